The highest BCUT2D eigenvalue weighted by atomic mass is 19.1. The Hall–Kier alpha value is -2.83. The number of nitrogens with one attached hydrogen (secondary N) is 1. The first-order valence-electron chi connectivity index (χ1n) is 6.35. The van der Waals surface area contributed by atoms with E-state index >= 15 is 0 Å². The molecule has 0 unspecified atom stereocenters. The van der Waals surface area contributed by atoms with Crippen LogP contribution in [0.15, 0.2) is 43.1 Å². The smallest absolute Gasteiger partial charge is 0.228 e. The molecule has 0 aliphatic carbocycles. The number of aromatic nitrogens is 5. The highest BCUT2D eigenvalue weighted by Gasteiger charge is 2.11. The van der Waals surface area contributed by atoms with E-state index in [0.29, 0.717) is 12.5 Å². The number of benzene rings is 1. The van der Waals surface area contributed by atoms with Crippen LogP contribution in [0, 0.1) is 5.82 Å². The van der Waals surface area contributed by atoms with Crippen molar-refractivity contribution in [2.45, 2.75) is 6.54 Å². The van der Waals surface area contributed by atoms with Crippen LogP contribution in [0.2, 0.25) is 0 Å². The van der Waals surface area contributed by atoms with E-state index in [9.17, 15) is 4.39 Å². The van der Waals surface area contributed by atoms with E-state index in [4.69, 9.17) is 0 Å². The number of nitrogens with zero attached hydrogens (tertiary/aromatic N) is 5. The summed E-state index contributed by atoms with van der Waals surface area (Å²) >= 11 is 0. The molecule has 3 aromatic rings. The molecular formula is C14H13FN6. The fraction of sp³-hybridized carbons (Fsp3) is 0.143. The fourth-order valence-corrected chi connectivity index (χ4v) is 2.05. The van der Waals surface area contributed by atoms with Gasteiger partial charge < -0.3 is 4.90 Å². The molecule has 106 valence electrons. The molecule has 1 N–H and O–H groups in total. The molecule has 0 fully saturated rings. The molecule has 6 nitrogen and oxygen atoms in total. The summed E-state index contributed by atoms with van der Waals surface area (Å²) in [4.78, 5) is 13.9. The van der Waals surface area contributed by atoms with Crippen LogP contribution in [0.5, 0.6) is 0 Å². The predicted octanol–water partition coefficient (Wildman–Crippen LogP) is 2.04. The molecule has 2 aromatic heterocycles. The van der Waals surface area contributed by atoms with E-state index < -0.39 is 0 Å². The second kappa shape index (κ2) is 5.66. The van der Waals surface area contributed by atoms with Gasteiger partial charge in [-0.25, -0.2) is 19.3 Å². The van der Waals surface area contributed by atoms with Crippen molar-refractivity contribution < 1.29 is 4.39 Å². The van der Waals surface area contributed by atoms with Gasteiger partial charge in [0.25, 0.3) is 0 Å². The average Bonchev–Trinajstić information content (AvgIpc) is 2.97. The quantitative estimate of drug-likeness (QED) is 0.794. The van der Waals surface area contributed by atoms with Crippen LogP contribution in [0.1, 0.15) is 5.56 Å². The largest absolute Gasteiger partial charge is 0.339 e. The van der Waals surface area contributed by atoms with Crippen LogP contribution in [0.25, 0.3) is 11.3 Å². The third-order valence-corrected chi connectivity index (χ3v) is 3.08. The van der Waals surface area contributed by atoms with Crippen molar-refractivity contribution in [3.8, 4) is 11.3 Å². The lowest BCUT2D eigenvalue weighted by molar-refractivity contribution is 0.628. The van der Waals surface area contributed by atoms with E-state index in [2.05, 4.69) is 25.1 Å². The Morgan fingerprint density at radius 1 is 1.14 bits per heavy atom. The number of rotatable bonds is 4. The zero-order chi connectivity index (χ0) is 14.7. The second-order valence-corrected chi connectivity index (χ2v) is 4.57. The van der Waals surface area contributed by atoms with Gasteiger partial charge in [-0.2, -0.15) is 5.10 Å². The van der Waals surface area contributed by atoms with Crippen molar-refractivity contribution in [2.75, 3.05) is 11.9 Å². The van der Waals surface area contributed by atoms with Crippen LogP contribution in [-0.4, -0.2) is 32.2 Å². The molecule has 0 radical (unpaired) electrons. The molecule has 0 aliphatic rings. The van der Waals surface area contributed by atoms with Crippen LogP contribution >= 0.6 is 0 Å². The highest BCUT2D eigenvalue weighted by molar-refractivity contribution is 5.62. The molecular weight excluding hydrogens is 271 g/mol. The van der Waals surface area contributed by atoms with Gasteiger partial charge >= 0.3 is 0 Å². The van der Waals surface area contributed by atoms with Gasteiger partial charge in [0.1, 0.15) is 18.5 Å². The molecule has 0 saturated heterocycles. The number of anilines is 1. The maximum Gasteiger partial charge on any atom is 0.228 e. The summed E-state index contributed by atoms with van der Waals surface area (Å²) in [7, 11) is 1.89. The molecule has 0 atom stereocenters. The van der Waals surface area contributed by atoms with Gasteiger partial charge in [-0.05, 0) is 24.3 Å². The molecule has 3 rings (SSSR count). The van der Waals surface area contributed by atoms with E-state index in [1.54, 1.807) is 18.3 Å². The SMILES string of the molecule is CN(Cc1cn[nH]c1-c1ccc(F)cc1)c1ncncn1. The normalized spacial score (nSPS) is 10.6. The molecule has 0 spiro atoms. The second-order valence-electron chi connectivity index (χ2n) is 4.57. The van der Waals surface area contributed by atoms with Crippen LogP contribution in [0.3, 0.4) is 0 Å². The van der Waals surface area contributed by atoms with Gasteiger partial charge in [-0.15, -0.1) is 0 Å². The Morgan fingerprint density at radius 2 is 1.86 bits per heavy atom. The monoisotopic (exact) mass is 284 g/mol. The predicted molar refractivity (Wildman–Crippen MR) is 75.9 cm³/mol. The van der Waals surface area contributed by atoms with Gasteiger partial charge in [-0.1, -0.05) is 0 Å². The minimum Gasteiger partial charge on any atom is -0.339 e. The molecule has 1 aromatic carbocycles. The minimum absolute atomic E-state index is 0.262. The first kappa shape index (κ1) is 13.2. The maximum atomic E-state index is 13.0. The topological polar surface area (TPSA) is 70.6 Å². The van der Waals surface area contributed by atoms with Crippen molar-refractivity contribution in [2.24, 2.45) is 0 Å². The number of halogens is 1. The molecule has 7 heteroatoms. The van der Waals surface area contributed by atoms with E-state index in [1.807, 2.05) is 11.9 Å². The van der Waals surface area contributed by atoms with Crippen LogP contribution in [0.4, 0.5) is 10.3 Å². The van der Waals surface area contributed by atoms with Gasteiger partial charge in [-0.3, -0.25) is 5.10 Å². The lowest BCUT2D eigenvalue weighted by Gasteiger charge is -2.16. The first-order valence-corrected chi connectivity index (χ1v) is 6.35. The van der Waals surface area contributed by atoms with Crippen molar-refractivity contribution >= 4 is 5.95 Å². The number of hydrogen-bond acceptors (Lipinski definition) is 5. The summed E-state index contributed by atoms with van der Waals surface area (Å²) in [5, 5.41) is 7.02. The van der Waals surface area contributed by atoms with Gasteiger partial charge in [0.2, 0.25) is 5.95 Å². The Kier molecular flexibility index (Phi) is 3.55. The molecule has 2 heterocycles. The molecule has 0 amide bonds. The van der Waals surface area contributed by atoms with Gasteiger partial charge in [0.05, 0.1) is 11.9 Å². The van der Waals surface area contributed by atoms with E-state index in [1.165, 1.54) is 24.8 Å². The number of aromatic amines is 1. The Labute approximate surface area is 120 Å². The molecule has 0 bridgehead atoms. The Balaban J connectivity index is 1.84. The molecule has 21 heavy (non-hydrogen) atoms. The zero-order valence-corrected chi connectivity index (χ0v) is 11.4. The van der Waals surface area contributed by atoms with E-state index in [0.717, 1.165) is 16.8 Å². The highest BCUT2D eigenvalue weighted by Crippen LogP contribution is 2.23. The van der Waals surface area contributed by atoms with Crippen molar-refractivity contribution in [3.05, 3.63) is 54.5 Å². The lowest BCUT2D eigenvalue weighted by Crippen LogP contribution is -2.19. The minimum atomic E-state index is -0.262. The average molecular weight is 284 g/mol. The number of H-pyrrole nitrogens is 1. The molecule has 0 aliphatic heterocycles. The van der Waals surface area contributed by atoms with Crippen molar-refractivity contribution in [1.82, 2.24) is 25.1 Å². The fourth-order valence-electron chi connectivity index (χ4n) is 2.05. The number of hydrogen-bond donors (Lipinski definition) is 1. The van der Waals surface area contributed by atoms with Crippen molar-refractivity contribution in [3.63, 3.8) is 0 Å². The summed E-state index contributed by atoms with van der Waals surface area (Å²) in [6.45, 7) is 0.577. The van der Waals surface area contributed by atoms with Crippen molar-refractivity contribution in [1.29, 1.82) is 0 Å². The van der Waals surface area contributed by atoms with E-state index in [-0.39, 0.29) is 5.82 Å². The first-order chi connectivity index (χ1) is 10.2. The van der Waals surface area contributed by atoms with Crippen LogP contribution < -0.4 is 4.90 Å². The summed E-state index contributed by atoms with van der Waals surface area (Å²) in [5.41, 5.74) is 2.72. The molecule has 0 saturated carbocycles. The summed E-state index contributed by atoms with van der Waals surface area (Å²) in [6, 6.07) is 6.29. The zero-order valence-electron chi connectivity index (χ0n) is 11.4. The third kappa shape index (κ3) is 2.86. The van der Waals surface area contributed by atoms with Crippen LogP contribution in [-0.2, 0) is 6.54 Å². The maximum absolute atomic E-state index is 13.0. The Morgan fingerprint density at radius 3 is 2.57 bits per heavy atom. The standard InChI is InChI=1S/C14H13FN6/c1-21(14-17-8-16-9-18-14)7-11-6-19-20-13(11)10-2-4-12(15)5-3-10/h2-6,8-9H,7H2,1H3,(H,19,20). The summed E-state index contributed by atoms with van der Waals surface area (Å²) in [6.07, 6.45) is 4.65. The lowest BCUT2D eigenvalue weighted by atomic mass is 10.1. The Bertz CT molecular complexity index is 710. The van der Waals surface area contributed by atoms with Gasteiger partial charge in [0.15, 0.2) is 0 Å². The third-order valence-electron chi connectivity index (χ3n) is 3.08. The summed E-state index contributed by atoms with van der Waals surface area (Å²) in [5.74, 6) is 0.318. The van der Waals surface area contributed by atoms with Gasteiger partial charge in [0, 0.05) is 24.7 Å². The summed E-state index contributed by atoms with van der Waals surface area (Å²) < 4.78 is 13.0.